The molecule has 0 bridgehead atoms. The molecule has 15 nitrogen and oxygen atoms in total. The standard InChI is InChI=1S/C51H44N6O9/c1-7-32-43(58)35(20-52)49(64)39(44(32)59)24-57-42-17-15-31(19-28(42)6)55-23-38-47(62)33(8-2)45(60)36(50(38)65)21-53-29-11-13-30(14-12-29)54-22-37-46(61)34(9-3)48(63)40(51(37)66)25-56-41-16-10-26(4)18-27(41)5/h7-25,53-57H,52H2,1-6H3/b32-7-,33-8+,34-9-,35-20+,36-21-,37-22+,38-23+,39-24-,40-25-. The Bertz CT molecular complexity index is 2970. The molecule has 0 amide bonds. The Balaban J connectivity index is 1.15. The Labute approximate surface area is 379 Å². The quantitative estimate of drug-likeness (QED) is 0.0963. The highest BCUT2D eigenvalue weighted by molar-refractivity contribution is 6.53. The molecule has 0 aromatic heterocycles. The summed E-state index contributed by atoms with van der Waals surface area (Å²) in [6, 6.07) is 17.0. The molecule has 332 valence electrons. The lowest BCUT2D eigenvalue weighted by molar-refractivity contribution is -0.126. The maximum Gasteiger partial charge on any atom is 0.203 e. The fraction of sp³-hybridized carbons (Fsp3) is 0.118. The molecule has 6 rings (SSSR count). The number of ketones is 9. The third kappa shape index (κ3) is 9.26. The van der Waals surface area contributed by atoms with E-state index in [1.807, 2.05) is 32.0 Å². The molecule has 0 atom stereocenters. The van der Waals surface area contributed by atoms with Crippen LogP contribution < -0.4 is 32.3 Å². The van der Waals surface area contributed by atoms with E-state index in [2.05, 4.69) is 26.6 Å². The molecule has 0 unspecified atom stereocenters. The van der Waals surface area contributed by atoms with E-state index >= 15 is 0 Å². The molecule has 66 heavy (non-hydrogen) atoms. The fourth-order valence-electron chi connectivity index (χ4n) is 7.15. The fourth-order valence-corrected chi connectivity index (χ4v) is 7.15. The molecule has 0 saturated heterocycles. The molecule has 3 saturated carbocycles. The molecule has 0 aliphatic heterocycles. The van der Waals surface area contributed by atoms with Crippen molar-refractivity contribution in [3.63, 3.8) is 0 Å². The molecule has 0 radical (unpaired) electrons. The molecule has 0 spiro atoms. The number of allylic oxidation sites excluding steroid dienone is 12. The van der Waals surface area contributed by atoms with Crippen LogP contribution in [-0.2, 0) is 43.2 Å². The van der Waals surface area contributed by atoms with Crippen molar-refractivity contribution in [3.05, 3.63) is 183 Å². The summed E-state index contributed by atoms with van der Waals surface area (Å²) in [6.45, 7) is 10.1. The van der Waals surface area contributed by atoms with Crippen LogP contribution in [0.25, 0.3) is 0 Å². The van der Waals surface area contributed by atoms with Crippen LogP contribution in [0.2, 0.25) is 0 Å². The first-order valence-electron chi connectivity index (χ1n) is 20.5. The first-order chi connectivity index (χ1) is 31.5. The van der Waals surface area contributed by atoms with Crippen molar-refractivity contribution in [2.75, 3.05) is 26.6 Å². The van der Waals surface area contributed by atoms with Crippen molar-refractivity contribution in [1.82, 2.24) is 0 Å². The smallest absolute Gasteiger partial charge is 0.203 e. The predicted octanol–water partition coefficient (Wildman–Crippen LogP) is 6.34. The molecular weight excluding hydrogens is 841 g/mol. The zero-order valence-electron chi connectivity index (χ0n) is 36.7. The minimum atomic E-state index is -0.827. The Morgan fingerprint density at radius 2 is 0.636 bits per heavy atom. The monoisotopic (exact) mass is 884 g/mol. The second-order valence-corrected chi connectivity index (χ2v) is 15.1. The second kappa shape index (κ2) is 19.7. The number of aryl methyl sites for hydroxylation is 3. The van der Waals surface area contributed by atoms with Crippen LogP contribution in [0.3, 0.4) is 0 Å². The number of carbonyl (C=O) groups excluding carboxylic acids is 9. The van der Waals surface area contributed by atoms with Crippen LogP contribution in [0.1, 0.15) is 37.5 Å². The van der Waals surface area contributed by atoms with Gasteiger partial charge in [0.15, 0.2) is 0 Å². The molecule has 7 N–H and O–H groups in total. The maximum atomic E-state index is 13.6. The molecule has 0 heterocycles. The highest BCUT2D eigenvalue weighted by Gasteiger charge is 2.40. The summed E-state index contributed by atoms with van der Waals surface area (Å²) < 4.78 is 0. The van der Waals surface area contributed by atoms with Gasteiger partial charge >= 0.3 is 0 Å². The number of anilines is 5. The van der Waals surface area contributed by atoms with E-state index in [9.17, 15) is 43.2 Å². The van der Waals surface area contributed by atoms with E-state index < -0.39 is 52.0 Å². The number of nitrogens with one attached hydrogen (secondary N) is 5. The lowest BCUT2D eigenvalue weighted by atomic mass is 9.83. The minimum Gasteiger partial charge on any atom is -0.404 e. The summed E-state index contributed by atoms with van der Waals surface area (Å²) in [5.41, 5.74) is 8.53. The van der Waals surface area contributed by atoms with E-state index in [1.165, 1.54) is 63.1 Å². The van der Waals surface area contributed by atoms with Crippen molar-refractivity contribution in [2.24, 2.45) is 5.73 Å². The summed E-state index contributed by atoms with van der Waals surface area (Å²) in [6.07, 6.45) is 11.1. The van der Waals surface area contributed by atoms with Gasteiger partial charge in [-0.15, -0.1) is 0 Å². The summed E-state index contributed by atoms with van der Waals surface area (Å²) in [5, 5.41) is 14.7. The van der Waals surface area contributed by atoms with E-state index in [1.54, 1.807) is 56.3 Å². The minimum absolute atomic E-state index is 0.140. The van der Waals surface area contributed by atoms with Crippen molar-refractivity contribution in [2.45, 2.75) is 41.5 Å². The van der Waals surface area contributed by atoms with Gasteiger partial charge in [0.25, 0.3) is 0 Å². The summed E-state index contributed by atoms with van der Waals surface area (Å²) in [4.78, 5) is 118. The van der Waals surface area contributed by atoms with Gasteiger partial charge in [0.2, 0.25) is 52.0 Å². The van der Waals surface area contributed by atoms with Gasteiger partial charge in [0, 0.05) is 65.6 Å². The number of benzene rings is 3. The van der Waals surface area contributed by atoms with Gasteiger partial charge in [0.05, 0.1) is 50.2 Å². The molecular formula is C51H44N6O9. The summed E-state index contributed by atoms with van der Waals surface area (Å²) in [7, 11) is 0. The van der Waals surface area contributed by atoms with Crippen molar-refractivity contribution in [3.8, 4) is 0 Å². The average Bonchev–Trinajstić information content (AvgIpc) is 3.28. The highest BCUT2D eigenvalue weighted by Crippen LogP contribution is 2.29. The van der Waals surface area contributed by atoms with Crippen molar-refractivity contribution in [1.29, 1.82) is 0 Å². The lowest BCUT2D eigenvalue weighted by Gasteiger charge is -2.18. The van der Waals surface area contributed by atoms with Gasteiger partial charge in [-0.1, -0.05) is 35.9 Å². The van der Waals surface area contributed by atoms with Gasteiger partial charge in [-0.25, -0.2) is 0 Å². The topological polar surface area (TPSA) is 240 Å². The summed E-state index contributed by atoms with van der Waals surface area (Å²) in [5.74, 6) is -6.79. The van der Waals surface area contributed by atoms with E-state index in [0.29, 0.717) is 34.0 Å². The van der Waals surface area contributed by atoms with Crippen LogP contribution in [-0.4, -0.2) is 52.0 Å². The Kier molecular flexibility index (Phi) is 13.9. The second-order valence-electron chi connectivity index (χ2n) is 15.1. The van der Waals surface area contributed by atoms with Gasteiger partial charge in [-0.3, -0.25) is 43.2 Å². The van der Waals surface area contributed by atoms with E-state index in [0.717, 1.165) is 17.3 Å². The Morgan fingerprint density at radius 3 is 0.985 bits per heavy atom. The molecule has 3 aromatic rings. The van der Waals surface area contributed by atoms with Crippen LogP contribution >= 0.6 is 0 Å². The van der Waals surface area contributed by atoms with Gasteiger partial charge in [-0.2, -0.15) is 0 Å². The zero-order chi connectivity index (χ0) is 48.0. The zero-order valence-corrected chi connectivity index (χ0v) is 36.7. The number of nitrogens with two attached hydrogens (primary N) is 1. The molecule has 3 aliphatic rings. The third-order valence-electron chi connectivity index (χ3n) is 10.8. The number of hydrogen-bond acceptors (Lipinski definition) is 15. The SMILES string of the molecule is C/C=C1\C(=O)/C(=C/Nc2ccc(N/C=C3/C(=O)/C(=C\Nc4ccc(N/C=C5\C(=O)/C(=C/C)C(=O)/C(=C/Nc6ccc(C)cc6C)C5=O)cc4)C(=O)/C(=C\C)C3=O)cc2C)C(=O)/C(=C/N)C1=O. The Hall–Kier alpha value is -8.85. The molecule has 3 aromatic carbocycles. The largest absolute Gasteiger partial charge is 0.404 e. The van der Waals surface area contributed by atoms with Gasteiger partial charge < -0.3 is 32.3 Å². The number of Topliss-reactive ketones (excluding diaryl/α,β-unsaturated/α-hetero) is 9. The maximum absolute atomic E-state index is 13.6. The number of rotatable bonds is 10. The van der Waals surface area contributed by atoms with E-state index in [4.69, 9.17) is 5.73 Å². The molecule has 3 fully saturated rings. The third-order valence-corrected chi connectivity index (χ3v) is 10.8. The Morgan fingerprint density at radius 1 is 0.348 bits per heavy atom. The number of carbonyl (C=O) groups is 9. The average molecular weight is 885 g/mol. The first-order valence-corrected chi connectivity index (χ1v) is 20.5. The van der Waals surface area contributed by atoms with Crippen LogP contribution in [0.5, 0.6) is 0 Å². The van der Waals surface area contributed by atoms with Crippen molar-refractivity contribution < 1.29 is 43.2 Å². The van der Waals surface area contributed by atoms with Crippen molar-refractivity contribution >= 4 is 80.5 Å². The molecule has 15 heteroatoms. The van der Waals surface area contributed by atoms with Crippen LogP contribution in [0, 0.1) is 20.8 Å². The first kappa shape index (κ1) is 46.6. The van der Waals surface area contributed by atoms with Gasteiger partial charge in [-0.05, 0) is 101 Å². The van der Waals surface area contributed by atoms with Crippen LogP contribution in [0.15, 0.2) is 166 Å². The molecule has 3 aliphatic carbocycles. The highest BCUT2D eigenvalue weighted by atomic mass is 16.2. The van der Waals surface area contributed by atoms with Crippen LogP contribution in [0.4, 0.5) is 28.4 Å². The van der Waals surface area contributed by atoms with Gasteiger partial charge in [0.1, 0.15) is 0 Å². The normalized spacial score (nSPS) is 21.5. The predicted molar refractivity (Wildman–Crippen MR) is 251 cm³/mol. The summed E-state index contributed by atoms with van der Waals surface area (Å²) >= 11 is 0. The van der Waals surface area contributed by atoms with E-state index in [-0.39, 0.29) is 50.2 Å². The number of hydrogen-bond donors (Lipinski definition) is 6. The lowest BCUT2D eigenvalue weighted by Crippen LogP contribution is -2.32.